The number of rotatable bonds is 3. The average molecular weight is 604 g/mol. The van der Waals surface area contributed by atoms with E-state index in [9.17, 15) is 14.7 Å². The first-order chi connectivity index (χ1) is 19.6. The number of benzene rings is 1. The van der Waals surface area contributed by atoms with E-state index in [1.807, 2.05) is 19.0 Å². The Morgan fingerprint density at radius 1 is 1.21 bits per heavy atom. The van der Waals surface area contributed by atoms with Crippen molar-refractivity contribution in [2.75, 3.05) is 51.8 Å². The minimum Gasteiger partial charge on any atom is -0.507 e. The van der Waals surface area contributed by atoms with Gasteiger partial charge in [0.1, 0.15) is 45.9 Å². The average Bonchev–Trinajstić information content (AvgIpc) is 3.13. The summed E-state index contributed by atoms with van der Waals surface area (Å²) in [6, 6.07) is 3.68. The fraction of sp³-hybridized carbons (Fsp3) is 0.567. The predicted molar refractivity (Wildman–Crippen MR) is 158 cm³/mol. The van der Waals surface area contributed by atoms with Crippen LogP contribution in [-0.2, 0) is 4.74 Å². The molecule has 1 aromatic heterocycles. The van der Waals surface area contributed by atoms with E-state index in [1.54, 1.807) is 30.6 Å². The van der Waals surface area contributed by atoms with Gasteiger partial charge in [0, 0.05) is 37.8 Å². The highest BCUT2D eigenvalue weighted by Crippen LogP contribution is 2.48. The standard InChI is InChI=1S/C30H39ClFN5O5/c1-29(2,3)42-28(40)35-11-12-36-18(14-35)16-41-25-22(27(36)39)26(37-15-17(34(6)7)13-30(37,4)5)33-24(23(25)31)21-19(32)9-8-10-20(21)38/h8-10,17-18,38H,11-16H2,1-7H3/t17?,18-/m1/s1. The maximum absolute atomic E-state index is 15.2. The molecular weight excluding hydrogens is 565 g/mol. The molecule has 0 spiro atoms. The molecule has 12 heteroatoms. The number of phenols is 1. The normalized spacial score (nSPS) is 22.0. The van der Waals surface area contributed by atoms with Crippen LogP contribution < -0.4 is 9.64 Å². The van der Waals surface area contributed by atoms with Gasteiger partial charge < -0.3 is 34.2 Å². The maximum Gasteiger partial charge on any atom is 0.410 e. The summed E-state index contributed by atoms with van der Waals surface area (Å²) in [4.78, 5) is 39.5. The third-order valence-electron chi connectivity index (χ3n) is 8.18. The van der Waals surface area contributed by atoms with E-state index >= 15 is 4.39 Å². The van der Waals surface area contributed by atoms with Crippen molar-refractivity contribution < 1.29 is 28.6 Å². The van der Waals surface area contributed by atoms with Crippen LogP contribution in [0.15, 0.2) is 18.2 Å². The minimum atomic E-state index is -0.701. The summed E-state index contributed by atoms with van der Waals surface area (Å²) in [7, 11) is 4.01. The molecule has 1 aromatic carbocycles. The summed E-state index contributed by atoms with van der Waals surface area (Å²) >= 11 is 6.87. The number of aromatic nitrogens is 1. The van der Waals surface area contributed by atoms with Crippen molar-refractivity contribution in [3.63, 3.8) is 0 Å². The Bertz CT molecular complexity index is 1390. The highest BCUT2D eigenvalue weighted by Gasteiger charge is 2.46. The molecule has 3 aliphatic rings. The topological polar surface area (TPSA) is 98.7 Å². The lowest BCUT2D eigenvalue weighted by Crippen LogP contribution is -2.58. The molecule has 2 fully saturated rings. The molecule has 1 unspecified atom stereocenters. The molecule has 228 valence electrons. The van der Waals surface area contributed by atoms with Crippen molar-refractivity contribution in [2.24, 2.45) is 0 Å². The summed E-state index contributed by atoms with van der Waals surface area (Å²) in [5.74, 6) is -0.942. The zero-order valence-electron chi connectivity index (χ0n) is 25.2. The second kappa shape index (κ2) is 10.8. The number of hydrogen-bond acceptors (Lipinski definition) is 8. The van der Waals surface area contributed by atoms with Crippen LogP contribution in [0.3, 0.4) is 0 Å². The summed E-state index contributed by atoms with van der Waals surface area (Å²) in [5, 5.41) is 10.6. The van der Waals surface area contributed by atoms with Crippen LogP contribution in [0.25, 0.3) is 11.3 Å². The number of aromatic hydroxyl groups is 1. The number of phenolic OH excluding ortho intramolecular Hbond substituents is 1. The fourth-order valence-corrected chi connectivity index (χ4v) is 6.26. The largest absolute Gasteiger partial charge is 0.507 e. The first kappa shape index (κ1) is 30.2. The number of nitrogens with zero attached hydrogens (tertiary/aromatic N) is 5. The van der Waals surface area contributed by atoms with Gasteiger partial charge in [0.05, 0.1) is 11.6 Å². The molecule has 2 aromatic rings. The molecule has 4 heterocycles. The molecular formula is C30H39ClFN5O5. The van der Waals surface area contributed by atoms with Gasteiger partial charge >= 0.3 is 6.09 Å². The summed E-state index contributed by atoms with van der Waals surface area (Å²) in [6.07, 6.45) is 0.341. The lowest BCUT2D eigenvalue weighted by molar-refractivity contribution is 0.000952. The molecule has 2 amide bonds. The minimum absolute atomic E-state index is 0.00632. The van der Waals surface area contributed by atoms with Crippen molar-refractivity contribution in [2.45, 2.75) is 64.3 Å². The Kier molecular flexibility index (Phi) is 7.72. The van der Waals surface area contributed by atoms with Gasteiger partial charge in [-0.1, -0.05) is 17.7 Å². The number of hydrogen-bond donors (Lipinski definition) is 1. The van der Waals surface area contributed by atoms with Crippen LogP contribution in [0.5, 0.6) is 11.5 Å². The van der Waals surface area contributed by atoms with Gasteiger partial charge in [-0.3, -0.25) is 4.79 Å². The summed E-state index contributed by atoms with van der Waals surface area (Å²) in [5.41, 5.74) is -1.05. The molecule has 3 aliphatic heterocycles. The second-order valence-electron chi connectivity index (χ2n) is 13.1. The van der Waals surface area contributed by atoms with Crippen LogP contribution >= 0.6 is 11.6 Å². The van der Waals surface area contributed by atoms with Crippen molar-refractivity contribution in [3.8, 4) is 22.8 Å². The van der Waals surface area contributed by atoms with E-state index in [4.69, 9.17) is 26.1 Å². The first-order valence-electron chi connectivity index (χ1n) is 14.2. The van der Waals surface area contributed by atoms with E-state index in [2.05, 4.69) is 18.7 Å². The number of pyridine rings is 1. The highest BCUT2D eigenvalue weighted by atomic mass is 35.5. The number of carbonyl (C=O) groups excluding carboxylic acids is 2. The quantitative estimate of drug-likeness (QED) is 0.543. The number of anilines is 1. The van der Waals surface area contributed by atoms with E-state index in [0.717, 1.165) is 6.42 Å². The number of piperazine rings is 1. The zero-order chi connectivity index (χ0) is 30.7. The Morgan fingerprint density at radius 3 is 2.55 bits per heavy atom. The van der Waals surface area contributed by atoms with Crippen molar-refractivity contribution >= 4 is 29.4 Å². The zero-order valence-corrected chi connectivity index (χ0v) is 26.0. The van der Waals surface area contributed by atoms with Gasteiger partial charge in [-0.25, -0.2) is 14.2 Å². The number of ether oxygens (including phenoxy) is 2. The van der Waals surface area contributed by atoms with Crippen LogP contribution in [0.2, 0.25) is 5.02 Å². The third-order valence-corrected chi connectivity index (χ3v) is 8.53. The molecule has 0 aliphatic carbocycles. The van der Waals surface area contributed by atoms with Gasteiger partial charge in [0.25, 0.3) is 5.91 Å². The van der Waals surface area contributed by atoms with E-state index in [1.165, 1.54) is 18.2 Å². The first-order valence-corrected chi connectivity index (χ1v) is 14.5. The molecule has 0 radical (unpaired) electrons. The smallest absolute Gasteiger partial charge is 0.410 e. The molecule has 5 rings (SSSR count). The SMILES string of the molecule is CN(C)C1CN(c2nc(-c3c(O)cccc3F)c(Cl)c3c2C(=O)N2CCN(C(=O)OC(C)(C)C)C[C@@H]2CO3)C(C)(C)C1. The van der Waals surface area contributed by atoms with Gasteiger partial charge in [-0.15, -0.1) is 0 Å². The number of halogens is 2. The van der Waals surface area contributed by atoms with Gasteiger partial charge in [0.15, 0.2) is 5.75 Å². The number of fused-ring (bicyclic) bond motifs is 2. The summed E-state index contributed by atoms with van der Waals surface area (Å²) < 4.78 is 27.0. The van der Waals surface area contributed by atoms with Gasteiger partial charge in [-0.05, 0) is 67.3 Å². The molecule has 0 saturated carbocycles. The lowest BCUT2D eigenvalue weighted by Gasteiger charge is -2.40. The Morgan fingerprint density at radius 2 is 1.93 bits per heavy atom. The van der Waals surface area contributed by atoms with E-state index in [0.29, 0.717) is 18.9 Å². The van der Waals surface area contributed by atoms with E-state index < -0.39 is 29.1 Å². The van der Waals surface area contributed by atoms with Gasteiger partial charge in [-0.2, -0.15) is 0 Å². The number of carbonyl (C=O) groups is 2. The summed E-state index contributed by atoms with van der Waals surface area (Å²) in [6.45, 7) is 10.9. The molecule has 10 nitrogen and oxygen atoms in total. The second-order valence-corrected chi connectivity index (χ2v) is 13.4. The van der Waals surface area contributed by atoms with Crippen LogP contribution in [0, 0.1) is 5.82 Å². The fourth-order valence-electron chi connectivity index (χ4n) is 5.98. The third kappa shape index (κ3) is 5.44. The molecule has 2 atom stereocenters. The lowest BCUT2D eigenvalue weighted by atomic mass is 9.99. The van der Waals surface area contributed by atoms with Crippen LogP contribution in [-0.4, -0.2) is 107 Å². The van der Waals surface area contributed by atoms with Gasteiger partial charge in [0.2, 0.25) is 0 Å². The van der Waals surface area contributed by atoms with Crippen molar-refractivity contribution in [1.82, 2.24) is 19.7 Å². The number of likely N-dealkylation sites (N-methyl/N-ethyl adjacent to an activating group) is 1. The molecule has 2 saturated heterocycles. The van der Waals surface area contributed by atoms with Crippen LogP contribution in [0.4, 0.5) is 15.0 Å². The molecule has 1 N–H and O–H groups in total. The van der Waals surface area contributed by atoms with Crippen molar-refractivity contribution in [3.05, 3.63) is 34.6 Å². The number of amides is 2. The monoisotopic (exact) mass is 603 g/mol. The Hall–Kier alpha value is -3.31. The van der Waals surface area contributed by atoms with E-state index in [-0.39, 0.29) is 65.0 Å². The Balaban J connectivity index is 1.62. The maximum atomic E-state index is 15.2. The molecule has 42 heavy (non-hydrogen) atoms. The highest BCUT2D eigenvalue weighted by molar-refractivity contribution is 6.35. The molecule has 0 bridgehead atoms. The predicted octanol–water partition coefficient (Wildman–Crippen LogP) is 4.62. The van der Waals surface area contributed by atoms with Crippen LogP contribution in [0.1, 0.15) is 51.4 Å². The Labute approximate surface area is 250 Å². The van der Waals surface area contributed by atoms with Crippen molar-refractivity contribution in [1.29, 1.82) is 0 Å².